The molecule has 0 bridgehead atoms. The van der Waals surface area contributed by atoms with Gasteiger partial charge in [0.05, 0.1) is 19.3 Å². The largest absolute Gasteiger partial charge is 0.464 e. The number of rotatable bonds is 7. The number of carbonyl (C=O) groups excluding carboxylic acids is 2. The minimum Gasteiger partial charge on any atom is -0.464 e. The second-order valence-corrected chi connectivity index (χ2v) is 15.7. The Hall–Kier alpha value is -1.38. The van der Waals surface area contributed by atoms with Crippen LogP contribution in [-0.4, -0.2) is 67.4 Å². The number of aliphatic hydroxyl groups excluding tert-OH is 1. The Labute approximate surface area is 189 Å². The predicted octanol–water partition coefficient (Wildman–Crippen LogP) is 4.65. The topological polar surface area (TPSA) is 85.3 Å². The molecule has 1 aliphatic rings. The van der Waals surface area contributed by atoms with Gasteiger partial charge in [0.15, 0.2) is 13.9 Å². The van der Waals surface area contributed by atoms with Crippen LogP contribution < -0.4 is 0 Å². The number of aliphatic hydroxyl groups is 1. The summed E-state index contributed by atoms with van der Waals surface area (Å²) in [6.07, 6.45) is 0.630. The molecule has 1 amide bonds. The number of esters is 1. The van der Waals surface area contributed by atoms with Crippen LogP contribution in [0.1, 0.15) is 68.2 Å². The maximum Gasteiger partial charge on any atom is 0.411 e. The van der Waals surface area contributed by atoms with Crippen molar-refractivity contribution in [1.29, 1.82) is 0 Å². The van der Waals surface area contributed by atoms with Crippen molar-refractivity contribution < 1.29 is 28.6 Å². The van der Waals surface area contributed by atoms with Gasteiger partial charge in [0.25, 0.3) is 0 Å². The molecule has 0 spiro atoms. The van der Waals surface area contributed by atoms with E-state index < -0.39 is 37.6 Å². The van der Waals surface area contributed by atoms with Crippen molar-refractivity contribution in [3.63, 3.8) is 0 Å². The minimum absolute atomic E-state index is 0.0919. The third kappa shape index (κ3) is 6.80. The summed E-state index contributed by atoms with van der Waals surface area (Å²) < 4.78 is 17.1. The van der Waals surface area contributed by atoms with Crippen LogP contribution in [0.2, 0.25) is 18.1 Å². The zero-order valence-electron chi connectivity index (χ0n) is 21.1. The summed E-state index contributed by atoms with van der Waals surface area (Å²) in [5.74, 6) is -0.611. The summed E-state index contributed by atoms with van der Waals surface area (Å²) in [6, 6.07) is 0. The quantitative estimate of drug-likeness (QED) is 0.340. The average molecular weight is 458 g/mol. The first-order valence-electron chi connectivity index (χ1n) is 11.1. The van der Waals surface area contributed by atoms with Gasteiger partial charge in [-0.05, 0) is 59.2 Å². The summed E-state index contributed by atoms with van der Waals surface area (Å²) in [4.78, 5) is 27.3. The molecule has 8 heteroatoms. The zero-order valence-corrected chi connectivity index (χ0v) is 22.1. The molecule has 0 aliphatic carbocycles. The van der Waals surface area contributed by atoms with E-state index in [1.54, 1.807) is 27.7 Å². The van der Waals surface area contributed by atoms with Crippen molar-refractivity contribution in [2.75, 3.05) is 19.8 Å². The average Bonchev–Trinajstić information content (AvgIpc) is 2.93. The Balaban J connectivity index is 3.16. The molecule has 7 nitrogen and oxygen atoms in total. The molecule has 31 heavy (non-hydrogen) atoms. The van der Waals surface area contributed by atoms with Crippen LogP contribution in [0.25, 0.3) is 0 Å². The van der Waals surface area contributed by atoms with E-state index in [0.29, 0.717) is 6.61 Å². The van der Waals surface area contributed by atoms with Crippen LogP contribution in [0.3, 0.4) is 0 Å². The second-order valence-electron chi connectivity index (χ2n) is 10.9. The van der Waals surface area contributed by atoms with E-state index in [9.17, 15) is 14.7 Å². The molecule has 0 aromatic heterocycles. The van der Waals surface area contributed by atoms with E-state index in [1.807, 2.05) is 13.0 Å². The number of hydrogen-bond donors (Lipinski definition) is 1. The summed E-state index contributed by atoms with van der Waals surface area (Å²) in [7, 11) is -1.92. The van der Waals surface area contributed by atoms with E-state index >= 15 is 0 Å². The van der Waals surface area contributed by atoms with E-state index in [0.717, 1.165) is 5.57 Å². The maximum absolute atomic E-state index is 13.0. The van der Waals surface area contributed by atoms with Crippen molar-refractivity contribution in [3.8, 4) is 0 Å². The Morgan fingerprint density at radius 3 is 2.26 bits per heavy atom. The van der Waals surface area contributed by atoms with Gasteiger partial charge < -0.3 is 19.0 Å². The molecule has 0 aromatic rings. The van der Waals surface area contributed by atoms with Gasteiger partial charge in [-0.2, -0.15) is 0 Å². The highest BCUT2D eigenvalue weighted by atomic mass is 28.4. The van der Waals surface area contributed by atoms with Crippen molar-refractivity contribution in [2.45, 2.75) is 104 Å². The highest BCUT2D eigenvalue weighted by Gasteiger charge is 2.57. The first kappa shape index (κ1) is 27.7. The molecule has 1 saturated heterocycles. The van der Waals surface area contributed by atoms with Crippen LogP contribution in [0.4, 0.5) is 4.79 Å². The van der Waals surface area contributed by atoms with Gasteiger partial charge in [-0.25, -0.2) is 9.59 Å². The van der Waals surface area contributed by atoms with E-state index in [4.69, 9.17) is 13.9 Å². The fraction of sp³-hybridized carbons (Fsp3) is 0.826. The van der Waals surface area contributed by atoms with Crippen LogP contribution in [0, 0.1) is 0 Å². The number of hydrogen-bond acceptors (Lipinski definition) is 6. The Kier molecular flexibility index (Phi) is 8.96. The van der Waals surface area contributed by atoms with Gasteiger partial charge in [0.1, 0.15) is 5.60 Å². The zero-order chi connectivity index (χ0) is 24.3. The van der Waals surface area contributed by atoms with Crippen LogP contribution in [0.15, 0.2) is 11.6 Å². The molecule has 1 heterocycles. The second kappa shape index (κ2) is 10.0. The first-order valence-corrected chi connectivity index (χ1v) is 14.0. The van der Waals surface area contributed by atoms with Crippen LogP contribution in [-0.2, 0) is 18.7 Å². The lowest BCUT2D eigenvalue weighted by molar-refractivity contribution is -0.161. The summed E-state index contributed by atoms with van der Waals surface area (Å²) >= 11 is 0. The van der Waals surface area contributed by atoms with Gasteiger partial charge in [-0.3, -0.25) is 4.90 Å². The normalized spacial score (nSPS) is 23.1. The molecule has 180 valence electrons. The smallest absolute Gasteiger partial charge is 0.411 e. The summed E-state index contributed by atoms with van der Waals surface area (Å²) in [5, 5.41) is 10.9. The molecular weight excluding hydrogens is 414 g/mol. The lowest BCUT2D eigenvalue weighted by atomic mass is 9.88. The number of likely N-dealkylation sites (tertiary alicyclic amines) is 1. The third-order valence-corrected chi connectivity index (χ3v) is 10.6. The lowest BCUT2D eigenvalue weighted by Crippen LogP contribution is -2.59. The van der Waals surface area contributed by atoms with E-state index in [1.165, 1.54) is 4.90 Å². The Morgan fingerprint density at radius 2 is 1.77 bits per heavy atom. The first-order chi connectivity index (χ1) is 14.0. The number of nitrogens with zero attached hydrogens (tertiary/aromatic N) is 1. The molecular formula is C23H43NO6Si. The molecule has 1 rings (SSSR count). The SMILES string of the molecule is CCOC(=O)[C@@]1(C/C=C(\C)CO[Si](C)(C)C(C)(C)C)[C@@H](O)CCN1C(=O)OC(C)(C)C. The van der Waals surface area contributed by atoms with Crippen molar-refractivity contribution >= 4 is 20.4 Å². The summed E-state index contributed by atoms with van der Waals surface area (Å²) in [5.41, 5.74) is -1.28. The fourth-order valence-electron chi connectivity index (χ4n) is 3.17. The standard InChI is InChI=1S/C23H43NO6Si/c1-11-28-19(26)23(14-12-17(2)16-29-31(9,10)22(6,7)8)18(25)13-15-24(23)20(27)30-21(3,4)5/h12,18,25H,11,13-16H2,1-10H3/b17-12+/t18-,23+/m0/s1. The molecule has 0 radical (unpaired) electrons. The number of amides is 1. The number of ether oxygens (including phenoxy) is 2. The van der Waals surface area contributed by atoms with Crippen molar-refractivity contribution in [3.05, 3.63) is 11.6 Å². The van der Waals surface area contributed by atoms with Gasteiger partial charge >= 0.3 is 12.1 Å². The van der Waals surface area contributed by atoms with Crippen LogP contribution in [0.5, 0.6) is 0 Å². The molecule has 1 N–H and O–H groups in total. The van der Waals surface area contributed by atoms with Gasteiger partial charge in [-0.15, -0.1) is 0 Å². The fourth-order valence-corrected chi connectivity index (χ4v) is 4.19. The van der Waals surface area contributed by atoms with E-state index in [2.05, 4.69) is 33.9 Å². The van der Waals surface area contributed by atoms with Crippen LogP contribution >= 0.6 is 0 Å². The predicted molar refractivity (Wildman–Crippen MR) is 124 cm³/mol. The highest BCUT2D eigenvalue weighted by Crippen LogP contribution is 2.38. The molecule has 0 unspecified atom stereocenters. The molecule has 0 aromatic carbocycles. The van der Waals surface area contributed by atoms with Gasteiger partial charge in [-0.1, -0.05) is 32.4 Å². The Morgan fingerprint density at radius 1 is 1.19 bits per heavy atom. The highest BCUT2D eigenvalue weighted by molar-refractivity contribution is 6.74. The lowest BCUT2D eigenvalue weighted by Gasteiger charge is -2.38. The Bertz CT molecular complexity index is 677. The van der Waals surface area contributed by atoms with Crippen molar-refractivity contribution in [2.24, 2.45) is 0 Å². The summed E-state index contributed by atoms with van der Waals surface area (Å²) in [6.45, 7) is 20.7. The van der Waals surface area contributed by atoms with Crippen molar-refractivity contribution in [1.82, 2.24) is 4.90 Å². The third-order valence-electron chi connectivity index (χ3n) is 6.13. The molecule has 1 fully saturated rings. The van der Waals surface area contributed by atoms with E-state index in [-0.39, 0.29) is 31.0 Å². The molecule has 1 aliphatic heterocycles. The monoisotopic (exact) mass is 457 g/mol. The van der Waals surface area contributed by atoms with Gasteiger partial charge in [0.2, 0.25) is 0 Å². The van der Waals surface area contributed by atoms with Gasteiger partial charge in [0, 0.05) is 13.0 Å². The maximum atomic E-state index is 13.0. The number of carbonyl (C=O) groups is 2. The molecule has 2 atom stereocenters. The minimum atomic E-state index is -1.92. The molecule has 0 saturated carbocycles.